The lowest BCUT2D eigenvalue weighted by atomic mass is 10.1. The standard InChI is InChI=1S/C18H19FN4O/c1-11(2)23-12(3)7-15(13(23)4)10-21-22-18(24)16-6-5-14(9-20)8-17(16)19/h5-8,10-11H,1-4H3,(H,22,24). The molecule has 0 atom stereocenters. The lowest BCUT2D eigenvalue weighted by Crippen LogP contribution is -2.19. The molecule has 5 nitrogen and oxygen atoms in total. The Hall–Kier alpha value is -2.94. The van der Waals surface area contributed by atoms with Gasteiger partial charge in [0.1, 0.15) is 5.82 Å². The number of rotatable bonds is 4. The molecule has 2 rings (SSSR count). The van der Waals surface area contributed by atoms with Crippen LogP contribution in [0.15, 0.2) is 29.4 Å². The minimum Gasteiger partial charge on any atom is -0.346 e. The lowest BCUT2D eigenvalue weighted by Gasteiger charge is -2.13. The Balaban J connectivity index is 2.14. The maximum Gasteiger partial charge on any atom is 0.274 e. The summed E-state index contributed by atoms with van der Waals surface area (Å²) in [5, 5.41) is 12.6. The van der Waals surface area contributed by atoms with Crippen LogP contribution in [0, 0.1) is 31.0 Å². The number of nitrogens with one attached hydrogen (secondary N) is 1. The van der Waals surface area contributed by atoms with E-state index < -0.39 is 11.7 Å². The molecule has 0 aliphatic heterocycles. The van der Waals surface area contributed by atoms with Gasteiger partial charge in [-0.05, 0) is 52.0 Å². The first kappa shape index (κ1) is 17.4. The first-order chi connectivity index (χ1) is 11.3. The molecule has 1 heterocycles. The van der Waals surface area contributed by atoms with Crippen molar-refractivity contribution in [1.29, 1.82) is 5.26 Å². The second kappa shape index (κ2) is 7.09. The Kier molecular flexibility index (Phi) is 5.14. The van der Waals surface area contributed by atoms with Crippen molar-refractivity contribution in [3.05, 3.63) is 58.2 Å². The Labute approximate surface area is 140 Å². The van der Waals surface area contributed by atoms with Crippen LogP contribution in [-0.2, 0) is 0 Å². The third-order valence-corrected chi connectivity index (χ3v) is 3.75. The SMILES string of the molecule is Cc1cc(C=NNC(=O)c2ccc(C#N)cc2F)c(C)n1C(C)C. The highest BCUT2D eigenvalue weighted by Crippen LogP contribution is 2.18. The Morgan fingerprint density at radius 1 is 1.38 bits per heavy atom. The van der Waals surface area contributed by atoms with Crippen molar-refractivity contribution in [3.8, 4) is 6.07 Å². The normalized spacial score (nSPS) is 11.0. The molecule has 0 saturated carbocycles. The molecule has 1 aromatic heterocycles. The second-order valence-electron chi connectivity index (χ2n) is 5.80. The third-order valence-electron chi connectivity index (χ3n) is 3.75. The molecule has 1 N–H and O–H groups in total. The number of hydrogen-bond acceptors (Lipinski definition) is 3. The summed E-state index contributed by atoms with van der Waals surface area (Å²) in [5.74, 6) is -1.41. The van der Waals surface area contributed by atoms with Gasteiger partial charge in [-0.3, -0.25) is 4.79 Å². The molecular weight excluding hydrogens is 307 g/mol. The molecule has 0 aliphatic rings. The first-order valence-electron chi connectivity index (χ1n) is 7.56. The zero-order valence-electron chi connectivity index (χ0n) is 14.1. The fourth-order valence-corrected chi connectivity index (χ4v) is 2.72. The summed E-state index contributed by atoms with van der Waals surface area (Å²) in [6, 6.07) is 7.80. The first-order valence-corrected chi connectivity index (χ1v) is 7.56. The fourth-order valence-electron chi connectivity index (χ4n) is 2.72. The van der Waals surface area contributed by atoms with E-state index in [1.807, 2.05) is 26.0 Å². The van der Waals surface area contributed by atoms with Gasteiger partial charge in [-0.2, -0.15) is 10.4 Å². The third kappa shape index (κ3) is 3.51. The van der Waals surface area contributed by atoms with Crippen LogP contribution in [0.5, 0.6) is 0 Å². The van der Waals surface area contributed by atoms with Crippen LogP contribution >= 0.6 is 0 Å². The quantitative estimate of drug-likeness (QED) is 0.690. The summed E-state index contributed by atoms with van der Waals surface area (Å²) < 4.78 is 15.9. The summed E-state index contributed by atoms with van der Waals surface area (Å²) in [7, 11) is 0. The number of nitrogens with zero attached hydrogens (tertiary/aromatic N) is 3. The predicted molar refractivity (Wildman–Crippen MR) is 90.5 cm³/mol. The predicted octanol–water partition coefficient (Wildman–Crippen LogP) is 3.46. The van der Waals surface area contributed by atoms with Gasteiger partial charge in [0.25, 0.3) is 5.91 Å². The number of carbonyl (C=O) groups is 1. The van der Waals surface area contributed by atoms with E-state index in [0.717, 1.165) is 23.0 Å². The summed E-state index contributed by atoms with van der Waals surface area (Å²) in [5.41, 5.74) is 5.36. The highest BCUT2D eigenvalue weighted by Gasteiger charge is 2.12. The van der Waals surface area contributed by atoms with E-state index >= 15 is 0 Å². The molecule has 24 heavy (non-hydrogen) atoms. The molecule has 1 amide bonds. The van der Waals surface area contributed by atoms with Crippen LogP contribution in [0.2, 0.25) is 0 Å². The zero-order chi connectivity index (χ0) is 17.9. The molecule has 0 bridgehead atoms. The highest BCUT2D eigenvalue weighted by atomic mass is 19.1. The van der Waals surface area contributed by atoms with E-state index in [1.54, 1.807) is 6.21 Å². The van der Waals surface area contributed by atoms with Crippen LogP contribution in [0.3, 0.4) is 0 Å². The van der Waals surface area contributed by atoms with Crippen molar-refractivity contribution >= 4 is 12.1 Å². The van der Waals surface area contributed by atoms with Gasteiger partial charge >= 0.3 is 0 Å². The van der Waals surface area contributed by atoms with Gasteiger partial charge < -0.3 is 4.57 Å². The molecule has 0 fully saturated rings. The molecule has 124 valence electrons. The number of carbonyl (C=O) groups excluding carboxylic acids is 1. The van der Waals surface area contributed by atoms with E-state index in [-0.39, 0.29) is 11.1 Å². The topological polar surface area (TPSA) is 70.2 Å². The minimum atomic E-state index is -0.750. The summed E-state index contributed by atoms with van der Waals surface area (Å²) in [4.78, 5) is 12.0. The maximum atomic E-state index is 13.8. The Bertz CT molecular complexity index is 843. The number of hydrazone groups is 1. The van der Waals surface area contributed by atoms with Gasteiger partial charge in [-0.1, -0.05) is 0 Å². The van der Waals surface area contributed by atoms with Gasteiger partial charge in [-0.15, -0.1) is 0 Å². The van der Waals surface area contributed by atoms with Crippen molar-refractivity contribution in [2.45, 2.75) is 33.7 Å². The van der Waals surface area contributed by atoms with Crippen molar-refractivity contribution < 1.29 is 9.18 Å². The van der Waals surface area contributed by atoms with Crippen molar-refractivity contribution in [3.63, 3.8) is 0 Å². The molecule has 6 heteroatoms. The average molecular weight is 326 g/mol. The van der Waals surface area contributed by atoms with Crippen LogP contribution in [-0.4, -0.2) is 16.7 Å². The molecular formula is C18H19FN4O. The van der Waals surface area contributed by atoms with Gasteiger partial charge in [0.2, 0.25) is 0 Å². The van der Waals surface area contributed by atoms with Gasteiger partial charge in [0.05, 0.1) is 23.4 Å². The molecule has 0 saturated heterocycles. The summed E-state index contributed by atoms with van der Waals surface area (Å²) >= 11 is 0. The maximum absolute atomic E-state index is 13.8. The number of halogens is 1. The molecule has 0 aliphatic carbocycles. The molecule has 0 spiro atoms. The molecule has 2 aromatic rings. The lowest BCUT2D eigenvalue weighted by molar-refractivity contribution is 0.0951. The van der Waals surface area contributed by atoms with Crippen molar-refractivity contribution in [1.82, 2.24) is 9.99 Å². The van der Waals surface area contributed by atoms with Crippen LogP contribution < -0.4 is 5.43 Å². The number of nitriles is 1. The number of benzene rings is 1. The zero-order valence-corrected chi connectivity index (χ0v) is 14.1. The number of hydrogen-bond donors (Lipinski definition) is 1. The van der Waals surface area contributed by atoms with Crippen molar-refractivity contribution in [2.24, 2.45) is 5.10 Å². The number of aryl methyl sites for hydroxylation is 1. The van der Waals surface area contributed by atoms with E-state index in [2.05, 4.69) is 28.9 Å². The van der Waals surface area contributed by atoms with Gasteiger partial charge in [0.15, 0.2) is 0 Å². The monoisotopic (exact) mass is 326 g/mol. The average Bonchev–Trinajstić information content (AvgIpc) is 2.81. The smallest absolute Gasteiger partial charge is 0.274 e. The van der Waals surface area contributed by atoms with E-state index in [4.69, 9.17) is 5.26 Å². The molecule has 1 aromatic carbocycles. The number of aromatic nitrogens is 1. The Morgan fingerprint density at radius 3 is 2.62 bits per heavy atom. The van der Waals surface area contributed by atoms with E-state index in [1.165, 1.54) is 12.1 Å². The fraction of sp³-hybridized carbons (Fsp3) is 0.278. The minimum absolute atomic E-state index is 0.154. The Morgan fingerprint density at radius 2 is 2.08 bits per heavy atom. The van der Waals surface area contributed by atoms with Crippen LogP contribution in [0.25, 0.3) is 0 Å². The van der Waals surface area contributed by atoms with Crippen molar-refractivity contribution in [2.75, 3.05) is 0 Å². The number of amides is 1. The van der Waals surface area contributed by atoms with Gasteiger partial charge in [0, 0.05) is 23.0 Å². The van der Waals surface area contributed by atoms with E-state index in [0.29, 0.717) is 6.04 Å². The molecule has 0 unspecified atom stereocenters. The van der Waals surface area contributed by atoms with Crippen LogP contribution in [0.4, 0.5) is 4.39 Å². The second-order valence-corrected chi connectivity index (χ2v) is 5.80. The summed E-state index contributed by atoms with van der Waals surface area (Å²) in [6.45, 7) is 8.18. The summed E-state index contributed by atoms with van der Waals surface area (Å²) in [6.07, 6.45) is 1.54. The van der Waals surface area contributed by atoms with E-state index in [9.17, 15) is 9.18 Å². The molecule has 0 radical (unpaired) electrons. The highest BCUT2D eigenvalue weighted by molar-refractivity contribution is 5.95. The van der Waals surface area contributed by atoms with Crippen LogP contribution in [0.1, 0.15) is 52.8 Å². The van der Waals surface area contributed by atoms with Gasteiger partial charge in [-0.25, -0.2) is 9.82 Å². The largest absolute Gasteiger partial charge is 0.346 e.